The number of benzene rings is 1. The van der Waals surface area contributed by atoms with E-state index >= 15 is 0 Å². The molecular formula is C13H10N4O5. The maximum Gasteiger partial charge on any atom is 0.296 e. The van der Waals surface area contributed by atoms with Gasteiger partial charge < -0.3 is 20.5 Å². The van der Waals surface area contributed by atoms with Gasteiger partial charge in [0, 0.05) is 12.3 Å². The molecule has 0 bridgehead atoms. The first-order valence-corrected chi connectivity index (χ1v) is 6.16. The summed E-state index contributed by atoms with van der Waals surface area (Å²) in [6.45, 7) is -0.0283. The summed E-state index contributed by atoms with van der Waals surface area (Å²) in [5.74, 6) is 0.00149. The molecule has 112 valence electrons. The van der Waals surface area contributed by atoms with Crippen molar-refractivity contribution in [1.82, 2.24) is 4.98 Å². The molecule has 1 aliphatic rings. The SMILES string of the molecule is Nc1ncccc1C(=O)Nc1cc2c(cc1[N+](=O)[O-])OCO2. The van der Waals surface area contributed by atoms with Crippen molar-refractivity contribution in [1.29, 1.82) is 0 Å². The van der Waals surface area contributed by atoms with E-state index in [1.807, 2.05) is 0 Å². The number of hydrogen-bond donors (Lipinski definition) is 2. The van der Waals surface area contributed by atoms with E-state index in [-0.39, 0.29) is 35.3 Å². The Hall–Kier alpha value is -3.36. The number of hydrogen-bond acceptors (Lipinski definition) is 7. The van der Waals surface area contributed by atoms with Crippen LogP contribution in [0, 0.1) is 10.1 Å². The number of nitrogens with zero attached hydrogens (tertiary/aromatic N) is 2. The number of anilines is 2. The minimum absolute atomic E-state index is 0.0116. The van der Waals surface area contributed by atoms with Gasteiger partial charge in [-0.15, -0.1) is 0 Å². The van der Waals surface area contributed by atoms with Crippen LogP contribution in [0.1, 0.15) is 10.4 Å². The minimum Gasteiger partial charge on any atom is -0.454 e. The van der Waals surface area contributed by atoms with E-state index in [9.17, 15) is 14.9 Å². The third-order valence-electron chi connectivity index (χ3n) is 3.02. The summed E-state index contributed by atoms with van der Waals surface area (Å²) in [5.41, 5.74) is 5.42. The summed E-state index contributed by atoms with van der Waals surface area (Å²) < 4.78 is 10.2. The lowest BCUT2D eigenvalue weighted by Gasteiger charge is -2.08. The molecule has 3 rings (SSSR count). The Labute approximate surface area is 123 Å². The van der Waals surface area contributed by atoms with Crippen LogP contribution in [0.2, 0.25) is 0 Å². The number of aromatic nitrogens is 1. The van der Waals surface area contributed by atoms with E-state index in [1.165, 1.54) is 24.4 Å². The van der Waals surface area contributed by atoms with Crippen LogP contribution in [0.15, 0.2) is 30.5 Å². The van der Waals surface area contributed by atoms with Crippen molar-refractivity contribution in [2.24, 2.45) is 0 Å². The Morgan fingerprint density at radius 3 is 2.77 bits per heavy atom. The lowest BCUT2D eigenvalue weighted by molar-refractivity contribution is -0.384. The smallest absolute Gasteiger partial charge is 0.296 e. The molecule has 0 spiro atoms. The zero-order chi connectivity index (χ0) is 15.7. The van der Waals surface area contributed by atoms with E-state index in [4.69, 9.17) is 15.2 Å². The van der Waals surface area contributed by atoms with E-state index in [2.05, 4.69) is 10.3 Å². The van der Waals surface area contributed by atoms with Crippen LogP contribution in [0.5, 0.6) is 11.5 Å². The lowest BCUT2D eigenvalue weighted by atomic mass is 10.2. The quantitative estimate of drug-likeness (QED) is 0.649. The fourth-order valence-corrected chi connectivity index (χ4v) is 1.98. The zero-order valence-corrected chi connectivity index (χ0v) is 11.1. The maximum absolute atomic E-state index is 12.2. The first-order chi connectivity index (χ1) is 10.6. The van der Waals surface area contributed by atoms with Gasteiger partial charge in [0.25, 0.3) is 11.6 Å². The summed E-state index contributed by atoms with van der Waals surface area (Å²) in [6.07, 6.45) is 1.44. The second-order valence-electron chi connectivity index (χ2n) is 4.37. The minimum atomic E-state index is -0.621. The highest BCUT2D eigenvalue weighted by Crippen LogP contribution is 2.40. The second-order valence-corrected chi connectivity index (χ2v) is 4.37. The number of nitrogen functional groups attached to an aromatic ring is 1. The number of nitrogens with two attached hydrogens (primary N) is 1. The molecule has 22 heavy (non-hydrogen) atoms. The first-order valence-electron chi connectivity index (χ1n) is 6.16. The van der Waals surface area contributed by atoms with E-state index in [1.54, 1.807) is 6.07 Å². The molecular weight excluding hydrogens is 292 g/mol. The van der Waals surface area contributed by atoms with Crippen LogP contribution in [0.25, 0.3) is 0 Å². The number of pyridine rings is 1. The monoisotopic (exact) mass is 302 g/mol. The highest BCUT2D eigenvalue weighted by atomic mass is 16.7. The number of carbonyl (C=O) groups is 1. The second kappa shape index (κ2) is 5.20. The van der Waals surface area contributed by atoms with Gasteiger partial charge in [-0.3, -0.25) is 14.9 Å². The number of nitrogens with one attached hydrogen (secondary N) is 1. The molecule has 2 aromatic rings. The Balaban J connectivity index is 1.97. The molecule has 9 heteroatoms. The molecule has 0 radical (unpaired) electrons. The Bertz CT molecular complexity index is 777. The van der Waals surface area contributed by atoms with Crippen molar-refractivity contribution in [2.75, 3.05) is 17.8 Å². The first kappa shape index (κ1) is 13.6. The molecule has 0 fully saturated rings. The van der Waals surface area contributed by atoms with Gasteiger partial charge >= 0.3 is 0 Å². The predicted octanol–water partition coefficient (Wildman–Crippen LogP) is 1.55. The standard InChI is InChI=1S/C13H10N4O5/c14-12-7(2-1-3-15-12)13(18)16-8-4-10-11(22-6-21-10)5-9(8)17(19)20/h1-5H,6H2,(H2,14,15)(H,16,18). The summed E-state index contributed by atoms with van der Waals surface area (Å²) in [6, 6.07) is 5.55. The van der Waals surface area contributed by atoms with Gasteiger partial charge in [-0.25, -0.2) is 4.98 Å². The van der Waals surface area contributed by atoms with Gasteiger partial charge in [0.1, 0.15) is 11.5 Å². The van der Waals surface area contributed by atoms with Crippen LogP contribution in [0.3, 0.4) is 0 Å². The molecule has 0 saturated carbocycles. The molecule has 1 aliphatic heterocycles. The van der Waals surface area contributed by atoms with Crippen molar-refractivity contribution in [3.63, 3.8) is 0 Å². The van der Waals surface area contributed by atoms with E-state index in [0.717, 1.165) is 0 Å². The number of nitro groups is 1. The van der Waals surface area contributed by atoms with Crippen molar-refractivity contribution < 1.29 is 19.2 Å². The Morgan fingerprint density at radius 2 is 2.09 bits per heavy atom. The molecule has 0 saturated heterocycles. The normalized spacial score (nSPS) is 12.0. The van der Waals surface area contributed by atoms with Gasteiger partial charge in [-0.2, -0.15) is 0 Å². The molecule has 1 amide bonds. The largest absolute Gasteiger partial charge is 0.454 e. The topological polar surface area (TPSA) is 130 Å². The summed E-state index contributed by atoms with van der Waals surface area (Å²) in [4.78, 5) is 26.5. The van der Waals surface area contributed by atoms with Gasteiger partial charge in [-0.1, -0.05) is 0 Å². The van der Waals surface area contributed by atoms with Crippen LogP contribution in [-0.4, -0.2) is 22.6 Å². The van der Waals surface area contributed by atoms with Crippen molar-refractivity contribution in [2.45, 2.75) is 0 Å². The van der Waals surface area contributed by atoms with Gasteiger partial charge in [0.05, 0.1) is 16.6 Å². The third-order valence-corrected chi connectivity index (χ3v) is 3.02. The number of nitro benzene ring substituents is 1. The number of carbonyl (C=O) groups excluding carboxylic acids is 1. The van der Waals surface area contributed by atoms with Crippen LogP contribution >= 0.6 is 0 Å². The number of ether oxygens (including phenoxy) is 2. The summed E-state index contributed by atoms with van der Waals surface area (Å²) in [5, 5.41) is 13.6. The van der Waals surface area contributed by atoms with Gasteiger partial charge in [0.2, 0.25) is 6.79 Å². The fourth-order valence-electron chi connectivity index (χ4n) is 1.98. The molecule has 9 nitrogen and oxygen atoms in total. The van der Waals surface area contributed by atoms with E-state index < -0.39 is 10.8 Å². The number of fused-ring (bicyclic) bond motifs is 1. The third kappa shape index (κ3) is 2.35. The molecule has 0 atom stereocenters. The average Bonchev–Trinajstić information content (AvgIpc) is 2.93. The Morgan fingerprint density at radius 1 is 1.36 bits per heavy atom. The molecule has 1 aromatic heterocycles. The molecule has 0 aliphatic carbocycles. The number of rotatable bonds is 3. The summed E-state index contributed by atoms with van der Waals surface area (Å²) in [7, 11) is 0. The zero-order valence-electron chi connectivity index (χ0n) is 11.1. The summed E-state index contributed by atoms with van der Waals surface area (Å²) >= 11 is 0. The Kier molecular flexibility index (Phi) is 3.22. The van der Waals surface area contributed by atoms with Gasteiger partial charge in [0.15, 0.2) is 11.5 Å². The van der Waals surface area contributed by atoms with Crippen molar-refractivity contribution in [3.05, 3.63) is 46.1 Å². The highest BCUT2D eigenvalue weighted by molar-refractivity contribution is 6.08. The molecule has 1 aromatic carbocycles. The van der Waals surface area contributed by atoms with Crippen molar-refractivity contribution >= 4 is 23.1 Å². The lowest BCUT2D eigenvalue weighted by Crippen LogP contribution is -2.15. The highest BCUT2D eigenvalue weighted by Gasteiger charge is 2.25. The average molecular weight is 302 g/mol. The molecule has 2 heterocycles. The van der Waals surface area contributed by atoms with Crippen LogP contribution in [0.4, 0.5) is 17.2 Å². The van der Waals surface area contributed by atoms with Crippen LogP contribution in [-0.2, 0) is 0 Å². The maximum atomic E-state index is 12.2. The molecule has 0 unspecified atom stereocenters. The van der Waals surface area contributed by atoms with Crippen LogP contribution < -0.4 is 20.5 Å². The van der Waals surface area contributed by atoms with E-state index in [0.29, 0.717) is 5.75 Å². The predicted molar refractivity (Wildman–Crippen MR) is 75.8 cm³/mol. The molecule has 3 N–H and O–H groups in total. The van der Waals surface area contributed by atoms with Crippen molar-refractivity contribution in [3.8, 4) is 11.5 Å². The number of amides is 1. The van der Waals surface area contributed by atoms with Gasteiger partial charge in [-0.05, 0) is 12.1 Å². The fraction of sp³-hybridized carbons (Fsp3) is 0.0769.